The second kappa shape index (κ2) is 9.68. The lowest BCUT2D eigenvalue weighted by atomic mass is 9.94. The van der Waals surface area contributed by atoms with Crippen LogP contribution in [0.4, 0.5) is 11.6 Å². The Bertz CT molecular complexity index is 1370. The van der Waals surface area contributed by atoms with E-state index in [0.29, 0.717) is 41.0 Å². The lowest BCUT2D eigenvalue weighted by Crippen LogP contribution is -2.50. The Morgan fingerprint density at radius 1 is 1.11 bits per heavy atom. The predicted molar refractivity (Wildman–Crippen MR) is 130 cm³/mol. The number of nitrogens with one attached hydrogen (secondary N) is 3. The van der Waals surface area contributed by atoms with Crippen LogP contribution in [0.25, 0.3) is 0 Å². The summed E-state index contributed by atoms with van der Waals surface area (Å²) in [6, 6.07) is 18.7. The number of benzene rings is 2. The fourth-order valence-corrected chi connectivity index (χ4v) is 4.09. The van der Waals surface area contributed by atoms with Gasteiger partial charge in [-0.25, -0.2) is 10.4 Å². The number of hydrogen-bond donors (Lipinski definition) is 3. The normalized spacial score (nSPS) is 14.6. The first-order valence-electron chi connectivity index (χ1n) is 11.1. The molecule has 0 aliphatic carbocycles. The van der Waals surface area contributed by atoms with Crippen LogP contribution in [0.5, 0.6) is 11.5 Å². The van der Waals surface area contributed by atoms with Gasteiger partial charge in [-0.15, -0.1) is 4.68 Å². The summed E-state index contributed by atoms with van der Waals surface area (Å²) in [5.74, 6) is 1.55. The predicted octanol–water partition coefficient (Wildman–Crippen LogP) is 3.61. The molecule has 9 nitrogen and oxygen atoms in total. The summed E-state index contributed by atoms with van der Waals surface area (Å²) < 4.78 is 13.5. The van der Waals surface area contributed by atoms with Gasteiger partial charge in [0, 0.05) is 11.8 Å². The SMILES string of the molecule is COc1cc(C2C(C(=O)Nc3cccnc3)=C(C)Nc3nc[nH][n+]32)ccc1OCc1ccccc1. The van der Waals surface area contributed by atoms with Crippen molar-refractivity contribution in [2.24, 2.45) is 0 Å². The number of H-pyrrole nitrogens is 1. The third-order valence-electron chi connectivity index (χ3n) is 5.75. The number of methoxy groups -OCH3 is 1. The fraction of sp³-hybridized carbons (Fsp3) is 0.154. The van der Waals surface area contributed by atoms with Crippen LogP contribution in [0.2, 0.25) is 0 Å². The molecule has 176 valence electrons. The second-order valence-corrected chi connectivity index (χ2v) is 8.03. The van der Waals surface area contributed by atoms with Gasteiger partial charge in [0.05, 0.1) is 30.3 Å². The summed E-state index contributed by atoms with van der Waals surface area (Å²) in [5.41, 5.74) is 3.74. The van der Waals surface area contributed by atoms with Crippen LogP contribution >= 0.6 is 0 Å². The zero-order valence-electron chi connectivity index (χ0n) is 19.4. The molecule has 4 aromatic rings. The molecule has 0 saturated heterocycles. The van der Waals surface area contributed by atoms with Crippen LogP contribution in [0.3, 0.4) is 0 Å². The molecule has 0 spiro atoms. The first kappa shape index (κ1) is 22.1. The number of carbonyl (C=O) groups excluding carboxylic acids is 1. The highest BCUT2D eigenvalue weighted by Gasteiger charge is 2.38. The van der Waals surface area contributed by atoms with E-state index >= 15 is 0 Å². The number of carbonyl (C=O) groups is 1. The monoisotopic (exact) mass is 469 g/mol. The maximum absolute atomic E-state index is 13.4. The summed E-state index contributed by atoms with van der Waals surface area (Å²) in [5, 5.41) is 9.26. The van der Waals surface area contributed by atoms with Crippen molar-refractivity contribution >= 4 is 17.5 Å². The molecule has 0 saturated carbocycles. The number of nitrogens with zero attached hydrogens (tertiary/aromatic N) is 3. The molecule has 1 unspecified atom stereocenters. The minimum absolute atomic E-state index is 0.246. The Hall–Kier alpha value is -4.66. The highest BCUT2D eigenvalue weighted by atomic mass is 16.5. The van der Waals surface area contributed by atoms with Gasteiger partial charge in [-0.1, -0.05) is 41.4 Å². The molecule has 35 heavy (non-hydrogen) atoms. The molecule has 1 aliphatic heterocycles. The minimum Gasteiger partial charge on any atom is -0.493 e. The van der Waals surface area contributed by atoms with Crippen molar-refractivity contribution in [3.8, 4) is 11.5 Å². The van der Waals surface area contributed by atoms with Crippen LogP contribution in [0.15, 0.2) is 90.7 Å². The standard InChI is InChI=1S/C26H24N6O3/c1-17-23(25(33)31-20-9-6-12-27-14-20)24(32-26(30-17)28-16-29-32)19-10-11-21(22(13-19)34-2)35-15-18-7-4-3-5-8-18/h3-14,16,24H,15H2,1-2H3,(H2,28,29,30,31,33)/p+1. The van der Waals surface area contributed by atoms with Gasteiger partial charge in [-0.2, -0.15) is 0 Å². The number of hydrogen-bond acceptors (Lipinski definition) is 6. The van der Waals surface area contributed by atoms with Crippen molar-refractivity contribution in [2.45, 2.75) is 19.6 Å². The average Bonchev–Trinajstić information content (AvgIpc) is 3.35. The maximum atomic E-state index is 13.4. The summed E-state index contributed by atoms with van der Waals surface area (Å²) in [4.78, 5) is 21.9. The Morgan fingerprint density at radius 3 is 2.74 bits per heavy atom. The van der Waals surface area contributed by atoms with Crippen LogP contribution in [0, 0.1) is 0 Å². The third kappa shape index (κ3) is 4.56. The molecule has 1 aliphatic rings. The number of amides is 1. The van der Waals surface area contributed by atoms with Crippen molar-refractivity contribution in [1.29, 1.82) is 0 Å². The van der Waals surface area contributed by atoms with Crippen molar-refractivity contribution in [3.05, 3.63) is 102 Å². The van der Waals surface area contributed by atoms with Gasteiger partial charge in [0.1, 0.15) is 6.61 Å². The quantitative estimate of drug-likeness (QED) is 0.357. The summed E-state index contributed by atoms with van der Waals surface area (Å²) >= 11 is 0. The van der Waals surface area contributed by atoms with E-state index in [1.807, 2.05) is 60.1 Å². The van der Waals surface area contributed by atoms with Crippen LogP contribution in [0.1, 0.15) is 24.1 Å². The largest absolute Gasteiger partial charge is 0.493 e. The second-order valence-electron chi connectivity index (χ2n) is 8.03. The summed E-state index contributed by atoms with van der Waals surface area (Å²) in [7, 11) is 1.60. The molecule has 0 bridgehead atoms. The molecular formula is C26H25N6O3+. The molecule has 2 aromatic carbocycles. The lowest BCUT2D eigenvalue weighted by molar-refractivity contribution is -0.746. The van der Waals surface area contributed by atoms with Crippen LogP contribution < -0.4 is 24.8 Å². The van der Waals surface area contributed by atoms with Gasteiger partial charge in [0.15, 0.2) is 23.9 Å². The molecule has 1 amide bonds. The van der Waals surface area contributed by atoms with E-state index in [1.165, 1.54) is 0 Å². The van der Waals surface area contributed by atoms with E-state index in [1.54, 1.807) is 38.0 Å². The van der Waals surface area contributed by atoms with Crippen molar-refractivity contribution in [2.75, 3.05) is 17.7 Å². The number of ether oxygens (including phenoxy) is 2. The topological polar surface area (TPSA) is 105 Å². The van der Waals surface area contributed by atoms with Gasteiger partial charge in [0.2, 0.25) is 0 Å². The number of rotatable bonds is 7. The molecule has 3 N–H and O–H groups in total. The maximum Gasteiger partial charge on any atom is 0.416 e. The zero-order chi connectivity index (χ0) is 24.2. The molecule has 9 heteroatoms. The van der Waals surface area contributed by atoms with E-state index in [0.717, 1.165) is 11.1 Å². The summed E-state index contributed by atoms with van der Waals surface area (Å²) in [6.45, 7) is 2.28. The highest BCUT2D eigenvalue weighted by Crippen LogP contribution is 2.35. The first-order valence-corrected chi connectivity index (χ1v) is 11.1. The van der Waals surface area contributed by atoms with E-state index in [4.69, 9.17) is 9.47 Å². The van der Waals surface area contributed by atoms with Gasteiger partial charge in [-0.3, -0.25) is 9.78 Å². The number of allylic oxidation sites excluding steroid dienone is 1. The zero-order valence-corrected chi connectivity index (χ0v) is 19.4. The molecule has 1 atom stereocenters. The van der Waals surface area contributed by atoms with E-state index in [9.17, 15) is 4.79 Å². The Labute approximate surface area is 202 Å². The number of pyridine rings is 1. The van der Waals surface area contributed by atoms with Gasteiger partial charge >= 0.3 is 5.95 Å². The van der Waals surface area contributed by atoms with Gasteiger partial charge < -0.3 is 14.8 Å². The van der Waals surface area contributed by atoms with Gasteiger partial charge in [0.25, 0.3) is 5.91 Å². The number of aromatic nitrogens is 4. The van der Waals surface area contributed by atoms with Crippen molar-refractivity contribution in [1.82, 2.24) is 15.1 Å². The Morgan fingerprint density at radius 2 is 1.97 bits per heavy atom. The van der Waals surface area contributed by atoms with Crippen LogP contribution in [-0.4, -0.2) is 28.1 Å². The van der Waals surface area contributed by atoms with Crippen LogP contribution in [-0.2, 0) is 11.4 Å². The molecule has 0 fully saturated rings. The van der Waals surface area contributed by atoms with E-state index < -0.39 is 6.04 Å². The summed E-state index contributed by atoms with van der Waals surface area (Å²) in [6.07, 6.45) is 4.85. The Kier molecular flexibility index (Phi) is 6.13. The molecule has 0 radical (unpaired) electrons. The molecule has 5 rings (SSSR count). The smallest absolute Gasteiger partial charge is 0.416 e. The Balaban J connectivity index is 1.48. The first-order chi connectivity index (χ1) is 17.1. The molecule has 2 aromatic heterocycles. The molecule has 3 heterocycles. The van der Waals surface area contributed by atoms with E-state index in [2.05, 4.69) is 25.7 Å². The fourth-order valence-electron chi connectivity index (χ4n) is 4.09. The van der Waals surface area contributed by atoms with E-state index in [-0.39, 0.29) is 5.91 Å². The van der Waals surface area contributed by atoms with Crippen molar-refractivity contribution in [3.63, 3.8) is 0 Å². The number of aromatic amines is 1. The minimum atomic E-state index is -0.470. The highest BCUT2D eigenvalue weighted by molar-refractivity contribution is 6.05. The van der Waals surface area contributed by atoms with Crippen molar-refractivity contribution < 1.29 is 19.0 Å². The average molecular weight is 470 g/mol. The van der Waals surface area contributed by atoms with Gasteiger partial charge in [-0.05, 0) is 36.8 Å². The molecular weight excluding hydrogens is 444 g/mol. The lowest BCUT2D eigenvalue weighted by Gasteiger charge is -2.24. The third-order valence-corrected chi connectivity index (χ3v) is 5.75. The number of anilines is 2. The number of fused-ring (bicyclic) bond motifs is 1.